The van der Waals surface area contributed by atoms with Gasteiger partial charge in [-0.3, -0.25) is 4.79 Å². The monoisotopic (exact) mass is 472 g/mol. The van der Waals surface area contributed by atoms with E-state index in [2.05, 4.69) is 30.9 Å². The molecule has 1 aliphatic heterocycles. The van der Waals surface area contributed by atoms with Crippen LogP contribution in [0.4, 0.5) is 13.2 Å². The Balaban J connectivity index is 1.62. The lowest BCUT2D eigenvalue weighted by Gasteiger charge is -2.39. The summed E-state index contributed by atoms with van der Waals surface area (Å²) >= 11 is 0. The number of amides is 1. The van der Waals surface area contributed by atoms with Crippen LogP contribution in [0.3, 0.4) is 0 Å². The minimum Gasteiger partial charge on any atom is -0.497 e. The minimum absolute atomic E-state index is 0.00134. The molecule has 180 valence electrons. The second-order valence-electron chi connectivity index (χ2n) is 10.7. The Morgan fingerprint density at radius 3 is 2.65 bits per heavy atom. The lowest BCUT2D eigenvalue weighted by Crippen LogP contribution is -2.37. The van der Waals surface area contributed by atoms with Crippen molar-refractivity contribution in [2.24, 2.45) is 10.8 Å². The number of rotatable bonds is 3. The van der Waals surface area contributed by atoms with E-state index in [9.17, 15) is 18.0 Å². The van der Waals surface area contributed by atoms with Crippen molar-refractivity contribution in [1.82, 2.24) is 19.5 Å². The van der Waals surface area contributed by atoms with E-state index >= 15 is 0 Å². The van der Waals surface area contributed by atoms with Gasteiger partial charge in [-0.25, -0.2) is 9.50 Å². The molecule has 1 aromatic carbocycles. The normalized spacial score (nSPS) is 24.0. The Morgan fingerprint density at radius 2 is 1.94 bits per heavy atom. The Kier molecular flexibility index (Phi) is 4.97. The SMILES string of the molecule is COc1cccc(-c2cc(C(F)(F)F)n3ncc(C(=O)N4C[C@]5(C)C[C@@H]4CC(C)(C)C5)c3n2)c1. The molecule has 1 aliphatic carbocycles. The average molecular weight is 473 g/mol. The molecule has 9 heteroatoms. The topological polar surface area (TPSA) is 59.7 Å². The summed E-state index contributed by atoms with van der Waals surface area (Å²) in [6, 6.07) is 7.67. The zero-order chi connectivity index (χ0) is 24.5. The third kappa shape index (κ3) is 3.80. The molecule has 2 bridgehead atoms. The first kappa shape index (κ1) is 22.7. The molecule has 1 saturated carbocycles. The largest absolute Gasteiger partial charge is 0.497 e. The third-order valence-corrected chi connectivity index (χ3v) is 7.03. The van der Waals surface area contributed by atoms with E-state index in [1.54, 1.807) is 24.3 Å². The molecule has 0 spiro atoms. The van der Waals surface area contributed by atoms with E-state index in [0.29, 0.717) is 17.9 Å². The molecule has 3 aromatic rings. The number of ether oxygens (including phenoxy) is 1. The molecule has 2 atom stereocenters. The molecule has 3 heterocycles. The molecule has 2 fully saturated rings. The number of fused-ring (bicyclic) bond motifs is 3. The van der Waals surface area contributed by atoms with Crippen molar-refractivity contribution in [2.75, 3.05) is 13.7 Å². The maximum atomic E-state index is 14.0. The molecule has 6 nitrogen and oxygen atoms in total. The van der Waals surface area contributed by atoms with Crippen LogP contribution in [-0.4, -0.2) is 45.1 Å². The van der Waals surface area contributed by atoms with Crippen molar-refractivity contribution in [3.63, 3.8) is 0 Å². The number of alkyl halides is 3. The van der Waals surface area contributed by atoms with Gasteiger partial charge in [-0.15, -0.1) is 0 Å². The Hall–Kier alpha value is -3.10. The van der Waals surface area contributed by atoms with Crippen LogP contribution < -0.4 is 4.74 Å². The van der Waals surface area contributed by atoms with Gasteiger partial charge in [-0.2, -0.15) is 18.3 Å². The van der Waals surface area contributed by atoms with E-state index in [-0.39, 0.29) is 39.7 Å². The summed E-state index contributed by atoms with van der Waals surface area (Å²) < 4.78 is 47.9. The van der Waals surface area contributed by atoms with E-state index in [0.717, 1.165) is 29.8 Å². The molecular weight excluding hydrogens is 445 g/mol. The maximum absolute atomic E-state index is 14.0. The molecule has 2 aromatic heterocycles. The molecule has 34 heavy (non-hydrogen) atoms. The van der Waals surface area contributed by atoms with Gasteiger partial charge in [0, 0.05) is 18.2 Å². The Morgan fingerprint density at radius 1 is 1.18 bits per heavy atom. The molecule has 2 aliphatic rings. The van der Waals surface area contributed by atoms with Crippen LogP contribution in [0.2, 0.25) is 0 Å². The molecule has 0 radical (unpaired) electrons. The standard InChI is InChI=1S/C25H27F3N4O2/c1-23(2)10-16-11-24(3,13-23)14-31(16)22(33)18-12-29-32-20(25(26,27)28)9-19(30-21(18)32)15-6-5-7-17(8-15)34-4/h5-9,12,16H,10-11,13-14H2,1-4H3/t16-,24+/m0/s1. The Bertz CT molecular complexity index is 1280. The van der Waals surface area contributed by atoms with E-state index in [1.807, 2.05) is 4.90 Å². The second-order valence-corrected chi connectivity index (χ2v) is 10.7. The van der Waals surface area contributed by atoms with Gasteiger partial charge < -0.3 is 9.64 Å². The lowest BCUT2D eigenvalue weighted by molar-refractivity contribution is -0.142. The average Bonchev–Trinajstić information content (AvgIpc) is 3.28. The van der Waals surface area contributed by atoms with Crippen LogP contribution >= 0.6 is 0 Å². The maximum Gasteiger partial charge on any atom is 0.433 e. The molecule has 1 amide bonds. The van der Waals surface area contributed by atoms with Crippen molar-refractivity contribution in [3.05, 3.63) is 47.8 Å². The predicted molar refractivity (Wildman–Crippen MR) is 121 cm³/mol. The number of carbonyl (C=O) groups is 1. The number of hydrogen-bond donors (Lipinski definition) is 0. The predicted octanol–water partition coefficient (Wildman–Crippen LogP) is 5.46. The van der Waals surface area contributed by atoms with Crippen LogP contribution in [0, 0.1) is 10.8 Å². The minimum atomic E-state index is -4.68. The first-order chi connectivity index (χ1) is 15.9. The Labute approximate surface area is 195 Å². The fraction of sp³-hybridized carbons (Fsp3) is 0.480. The summed E-state index contributed by atoms with van der Waals surface area (Å²) in [6.07, 6.45) is -0.694. The second kappa shape index (κ2) is 7.45. The van der Waals surface area contributed by atoms with Crippen molar-refractivity contribution in [3.8, 4) is 17.0 Å². The number of aromatic nitrogens is 3. The van der Waals surface area contributed by atoms with Gasteiger partial charge >= 0.3 is 6.18 Å². The fourth-order valence-electron chi connectivity index (χ4n) is 6.10. The van der Waals surface area contributed by atoms with Crippen LogP contribution in [0.5, 0.6) is 5.75 Å². The van der Waals surface area contributed by atoms with E-state index in [1.165, 1.54) is 13.3 Å². The van der Waals surface area contributed by atoms with Gasteiger partial charge in [0.1, 0.15) is 11.3 Å². The zero-order valence-corrected chi connectivity index (χ0v) is 19.6. The van der Waals surface area contributed by atoms with Crippen LogP contribution in [0.15, 0.2) is 36.5 Å². The van der Waals surface area contributed by atoms with Crippen molar-refractivity contribution in [1.29, 1.82) is 0 Å². The van der Waals surface area contributed by atoms with Gasteiger partial charge in [-0.1, -0.05) is 32.9 Å². The lowest BCUT2D eigenvalue weighted by atomic mass is 9.65. The summed E-state index contributed by atoms with van der Waals surface area (Å²) in [4.78, 5) is 20.0. The summed E-state index contributed by atoms with van der Waals surface area (Å²) in [5, 5.41) is 3.94. The summed E-state index contributed by atoms with van der Waals surface area (Å²) in [5.74, 6) is 0.183. The summed E-state index contributed by atoms with van der Waals surface area (Å²) in [6.45, 7) is 7.18. The highest BCUT2D eigenvalue weighted by Gasteiger charge is 2.51. The fourth-order valence-corrected chi connectivity index (χ4v) is 6.10. The molecular formula is C25H27F3N4O2. The van der Waals surface area contributed by atoms with Gasteiger partial charge in [0.25, 0.3) is 5.91 Å². The number of methoxy groups -OCH3 is 1. The third-order valence-electron chi connectivity index (χ3n) is 7.03. The highest BCUT2D eigenvalue weighted by molar-refractivity contribution is 6.00. The van der Waals surface area contributed by atoms with E-state index < -0.39 is 11.9 Å². The molecule has 1 saturated heterocycles. The van der Waals surface area contributed by atoms with Gasteiger partial charge in [-0.05, 0) is 48.3 Å². The number of halogens is 3. The van der Waals surface area contributed by atoms with Gasteiger partial charge in [0.15, 0.2) is 11.3 Å². The molecule has 0 N–H and O–H groups in total. The highest BCUT2D eigenvalue weighted by Crippen LogP contribution is 2.52. The molecule has 5 rings (SSSR count). The van der Waals surface area contributed by atoms with Crippen molar-refractivity contribution >= 4 is 11.6 Å². The summed E-state index contributed by atoms with van der Waals surface area (Å²) in [5.41, 5.74) is -0.328. The van der Waals surface area contributed by atoms with Gasteiger partial charge in [0.2, 0.25) is 0 Å². The van der Waals surface area contributed by atoms with Crippen molar-refractivity contribution < 1.29 is 22.7 Å². The van der Waals surface area contributed by atoms with Crippen LogP contribution in [-0.2, 0) is 6.18 Å². The number of benzene rings is 1. The first-order valence-corrected chi connectivity index (χ1v) is 11.3. The van der Waals surface area contributed by atoms with Crippen LogP contribution in [0.1, 0.15) is 56.1 Å². The van der Waals surface area contributed by atoms with Crippen molar-refractivity contribution in [2.45, 2.75) is 52.3 Å². The quantitative estimate of drug-likeness (QED) is 0.508. The summed E-state index contributed by atoms with van der Waals surface area (Å²) in [7, 11) is 1.48. The zero-order valence-electron chi connectivity index (χ0n) is 19.6. The smallest absolute Gasteiger partial charge is 0.433 e. The van der Waals surface area contributed by atoms with Crippen LogP contribution in [0.25, 0.3) is 16.9 Å². The molecule has 0 unspecified atom stereocenters. The number of nitrogens with zero attached hydrogens (tertiary/aromatic N) is 4. The highest BCUT2D eigenvalue weighted by atomic mass is 19.4. The van der Waals surface area contributed by atoms with E-state index in [4.69, 9.17) is 4.74 Å². The van der Waals surface area contributed by atoms with Gasteiger partial charge in [0.05, 0.1) is 19.0 Å². The first-order valence-electron chi connectivity index (χ1n) is 11.3. The number of likely N-dealkylation sites (tertiary alicyclic amines) is 1. The number of hydrogen-bond acceptors (Lipinski definition) is 4. The number of carbonyl (C=O) groups excluding carboxylic acids is 1.